The van der Waals surface area contributed by atoms with Crippen molar-refractivity contribution in [1.82, 2.24) is 0 Å². The Labute approximate surface area is 139 Å². The predicted molar refractivity (Wildman–Crippen MR) is 97.7 cm³/mol. The van der Waals surface area contributed by atoms with Crippen LogP contribution in [0.1, 0.15) is 54.9 Å². The number of hydrogen-bond donors (Lipinski definition) is 1. The van der Waals surface area contributed by atoms with E-state index in [-0.39, 0.29) is 5.12 Å². The number of carbonyl (C=O) groups excluding carboxylic acids is 1. The van der Waals surface area contributed by atoms with Crippen molar-refractivity contribution in [3.05, 3.63) is 59.7 Å². The molecule has 0 saturated heterocycles. The van der Waals surface area contributed by atoms with Gasteiger partial charge in [0.25, 0.3) is 0 Å². The van der Waals surface area contributed by atoms with Gasteiger partial charge in [-0.05, 0) is 35.6 Å². The molecule has 0 atom stereocenters. The third-order valence-electron chi connectivity index (χ3n) is 3.99. The molecule has 0 aliphatic carbocycles. The summed E-state index contributed by atoms with van der Waals surface area (Å²) in [5.41, 5.74) is 4.07. The minimum absolute atomic E-state index is 0.185. The van der Waals surface area contributed by atoms with Crippen molar-refractivity contribution in [1.29, 1.82) is 0 Å². The van der Waals surface area contributed by atoms with Crippen molar-refractivity contribution in [2.24, 2.45) is 0 Å². The smallest absolute Gasteiger partial charge is 0.216 e. The Morgan fingerprint density at radius 3 is 2.27 bits per heavy atom. The normalized spacial score (nSPS) is 10.6. The lowest BCUT2D eigenvalue weighted by molar-refractivity contribution is 0.109. The van der Waals surface area contributed by atoms with Gasteiger partial charge in [-0.3, -0.25) is 4.79 Å². The molecule has 0 aliphatic heterocycles. The van der Waals surface area contributed by atoms with Gasteiger partial charge >= 0.3 is 0 Å². The average Bonchev–Trinajstić information content (AvgIpc) is 2.55. The lowest BCUT2D eigenvalue weighted by Crippen LogP contribution is -1.93. The van der Waals surface area contributed by atoms with Gasteiger partial charge in [-0.25, -0.2) is 0 Å². The van der Waals surface area contributed by atoms with Gasteiger partial charge in [-0.15, -0.1) is 12.6 Å². The third kappa shape index (κ3) is 4.74. The number of aryl methyl sites for hydroxylation is 1. The topological polar surface area (TPSA) is 17.1 Å². The van der Waals surface area contributed by atoms with Crippen molar-refractivity contribution in [2.45, 2.75) is 45.4 Å². The molecule has 0 N–H and O–H groups in total. The molecule has 2 rings (SSSR count). The highest BCUT2D eigenvalue weighted by atomic mass is 32.1. The second-order valence-corrected chi connectivity index (χ2v) is 6.12. The number of carbonyl (C=O) groups is 1. The van der Waals surface area contributed by atoms with Crippen LogP contribution in [-0.2, 0) is 6.42 Å². The van der Waals surface area contributed by atoms with E-state index in [0.29, 0.717) is 5.56 Å². The monoisotopic (exact) mass is 312 g/mol. The summed E-state index contributed by atoms with van der Waals surface area (Å²) in [6.45, 7) is 2.24. The van der Waals surface area contributed by atoms with Gasteiger partial charge in [0.1, 0.15) is 0 Å². The van der Waals surface area contributed by atoms with Crippen LogP contribution in [0.2, 0.25) is 0 Å². The highest BCUT2D eigenvalue weighted by Crippen LogP contribution is 2.25. The molecule has 2 aromatic rings. The highest BCUT2D eigenvalue weighted by molar-refractivity contribution is 7.97. The first-order valence-corrected chi connectivity index (χ1v) is 8.58. The van der Waals surface area contributed by atoms with Crippen LogP contribution in [-0.4, -0.2) is 5.12 Å². The lowest BCUT2D eigenvalue weighted by Gasteiger charge is -2.08. The molecule has 0 saturated carbocycles. The van der Waals surface area contributed by atoms with E-state index < -0.39 is 0 Å². The quantitative estimate of drug-likeness (QED) is 0.472. The highest BCUT2D eigenvalue weighted by Gasteiger charge is 2.08. The molecule has 0 fully saturated rings. The van der Waals surface area contributed by atoms with Crippen molar-refractivity contribution < 1.29 is 4.79 Å². The molecule has 0 radical (unpaired) electrons. The van der Waals surface area contributed by atoms with Crippen LogP contribution in [0.5, 0.6) is 0 Å². The summed E-state index contributed by atoms with van der Waals surface area (Å²) in [6, 6.07) is 16.2. The van der Waals surface area contributed by atoms with Gasteiger partial charge in [0.15, 0.2) is 0 Å². The van der Waals surface area contributed by atoms with Crippen LogP contribution in [0, 0.1) is 0 Å². The molecular weight excluding hydrogens is 288 g/mol. The summed E-state index contributed by atoms with van der Waals surface area (Å²) in [4.78, 5) is 11.6. The molecule has 2 heteroatoms. The second-order valence-electron chi connectivity index (χ2n) is 5.71. The van der Waals surface area contributed by atoms with E-state index in [4.69, 9.17) is 0 Å². The average molecular weight is 312 g/mol. The van der Waals surface area contributed by atoms with Crippen LogP contribution in [0.15, 0.2) is 48.5 Å². The molecule has 0 aromatic heterocycles. The minimum Gasteiger partial charge on any atom is -0.282 e. The first kappa shape index (κ1) is 16.8. The molecule has 116 valence electrons. The number of unbranched alkanes of at least 4 members (excludes halogenated alkanes) is 4. The number of rotatable bonds is 8. The van der Waals surface area contributed by atoms with Gasteiger partial charge in [0.2, 0.25) is 5.12 Å². The molecule has 0 heterocycles. The number of benzene rings is 2. The molecule has 1 nitrogen and oxygen atoms in total. The van der Waals surface area contributed by atoms with Gasteiger partial charge < -0.3 is 0 Å². The zero-order chi connectivity index (χ0) is 15.8. The Morgan fingerprint density at radius 2 is 1.59 bits per heavy atom. The summed E-state index contributed by atoms with van der Waals surface area (Å²) in [5.74, 6) is 0. The molecule has 22 heavy (non-hydrogen) atoms. The van der Waals surface area contributed by atoms with Crippen molar-refractivity contribution in [2.75, 3.05) is 0 Å². The summed E-state index contributed by atoms with van der Waals surface area (Å²) in [6.07, 6.45) is 7.67. The van der Waals surface area contributed by atoms with Crippen molar-refractivity contribution in [3.8, 4) is 11.1 Å². The van der Waals surface area contributed by atoms with E-state index in [0.717, 1.165) is 17.5 Å². The Morgan fingerprint density at radius 1 is 0.909 bits per heavy atom. The number of hydrogen-bond acceptors (Lipinski definition) is 1. The largest absolute Gasteiger partial charge is 0.282 e. The Bertz CT molecular complexity index is 601. The fourth-order valence-electron chi connectivity index (χ4n) is 2.70. The van der Waals surface area contributed by atoms with Crippen LogP contribution in [0.4, 0.5) is 0 Å². The SMILES string of the molecule is CCCCCCCc1ccc(-c2ccccc2C(=O)S)cc1. The van der Waals surface area contributed by atoms with E-state index in [1.807, 2.05) is 24.3 Å². The maximum atomic E-state index is 11.6. The zero-order valence-electron chi connectivity index (χ0n) is 13.2. The van der Waals surface area contributed by atoms with Crippen LogP contribution >= 0.6 is 12.6 Å². The third-order valence-corrected chi connectivity index (χ3v) is 4.23. The summed E-state index contributed by atoms with van der Waals surface area (Å²) >= 11 is 3.96. The fourth-order valence-corrected chi connectivity index (χ4v) is 2.90. The Kier molecular flexibility index (Phi) is 6.73. The fraction of sp³-hybridized carbons (Fsp3) is 0.350. The Balaban J connectivity index is 2.02. The zero-order valence-corrected chi connectivity index (χ0v) is 14.1. The lowest BCUT2D eigenvalue weighted by atomic mass is 9.98. The van der Waals surface area contributed by atoms with Crippen molar-refractivity contribution >= 4 is 17.7 Å². The summed E-state index contributed by atoms with van der Waals surface area (Å²) < 4.78 is 0. The molecule has 0 aliphatic rings. The van der Waals surface area contributed by atoms with Crippen LogP contribution in [0.3, 0.4) is 0 Å². The second kappa shape index (κ2) is 8.79. The predicted octanol–water partition coefficient (Wildman–Crippen LogP) is 5.94. The van der Waals surface area contributed by atoms with E-state index >= 15 is 0 Å². The van der Waals surface area contributed by atoms with E-state index in [9.17, 15) is 4.79 Å². The van der Waals surface area contributed by atoms with Gasteiger partial charge in [-0.1, -0.05) is 75.1 Å². The van der Waals surface area contributed by atoms with E-state index in [1.165, 1.54) is 37.7 Å². The first-order chi connectivity index (χ1) is 10.7. The molecule has 2 aromatic carbocycles. The maximum absolute atomic E-state index is 11.6. The standard InChI is InChI=1S/C20H24OS/c1-2-3-4-5-6-9-16-12-14-17(15-13-16)18-10-7-8-11-19(18)20(21)22/h7-8,10-15H,2-6,9H2,1H3,(H,21,22). The van der Waals surface area contributed by atoms with Crippen LogP contribution in [0.25, 0.3) is 11.1 Å². The molecule has 0 amide bonds. The molecule has 0 unspecified atom stereocenters. The molecule has 0 spiro atoms. The van der Waals surface area contributed by atoms with Gasteiger partial charge in [0.05, 0.1) is 0 Å². The summed E-state index contributed by atoms with van der Waals surface area (Å²) in [5, 5.41) is -0.185. The van der Waals surface area contributed by atoms with Crippen molar-refractivity contribution in [3.63, 3.8) is 0 Å². The first-order valence-electron chi connectivity index (χ1n) is 8.14. The van der Waals surface area contributed by atoms with Gasteiger partial charge in [-0.2, -0.15) is 0 Å². The number of thiol groups is 1. The van der Waals surface area contributed by atoms with E-state index in [2.05, 4.69) is 43.8 Å². The van der Waals surface area contributed by atoms with Gasteiger partial charge in [0, 0.05) is 5.56 Å². The maximum Gasteiger partial charge on any atom is 0.216 e. The van der Waals surface area contributed by atoms with E-state index in [1.54, 1.807) is 0 Å². The molecule has 0 bridgehead atoms. The minimum atomic E-state index is -0.185. The van der Waals surface area contributed by atoms with Crippen LogP contribution < -0.4 is 0 Å². The summed E-state index contributed by atoms with van der Waals surface area (Å²) in [7, 11) is 0. The molecular formula is C20H24OS. The Hall–Kier alpha value is -1.54.